The fourth-order valence-electron chi connectivity index (χ4n) is 3.37. The molecule has 0 saturated heterocycles. The van der Waals surface area contributed by atoms with E-state index in [4.69, 9.17) is 16.4 Å². The molecule has 1 unspecified atom stereocenters. The summed E-state index contributed by atoms with van der Waals surface area (Å²) >= 11 is 0. The number of aliphatic hydroxyl groups excluding tert-OH is 1. The van der Waals surface area contributed by atoms with Gasteiger partial charge in [-0.2, -0.15) is 5.10 Å². The maximum absolute atomic E-state index is 14.7. The van der Waals surface area contributed by atoms with E-state index in [1.165, 1.54) is 23.1 Å². The lowest BCUT2D eigenvalue weighted by atomic mass is 10.1. The summed E-state index contributed by atoms with van der Waals surface area (Å²) < 4.78 is 19.9. The SMILES string of the molecule is CC(C)OC(=O)N1Cc2cc(F)c(C(=O)Nc3cccc(/C(=N/N)N(N)C(C)CO)n3)cc2C1. The van der Waals surface area contributed by atoms with Crippen LogP contribution in [0.5, 0.6) is 0 Å². The number of carbonyl (C=O) groups excluding carboxylic acids is 2. The minimum Gasteiger partial charge on any atom is -0.447 e. The summed E-state index contributed by atoms with van der Waals surface area (Å²) in [7, 11) is 0. The number of benzene rings is 1. The summed E-state index contributed by atoms with van der Waals surface area (Å²) in [6.45, 7) is 5.32. The van der Waals surface area contributed by atoms with Crippen molar-refractivity contribution in [1.82, 2.24) is 14.9 Å². The zero-order chi connectivity index (χ0) is 25.0. The molecule has 0 spiro atoms. The number of nitrogens with two attached hydrogens (primary N) is 2. The van der Waals surface area contributed by atoms with E-state index in [0.29, 0.717) is 11.1 Å². The number of hydrazone groups is 1. The molecule has 1 aromatic heterocycles. The Morgan fingerprint density at radius 1 is 1.29 bits per heavy atom. The first-order chi connectivity index (χ1) is 16.1. The highest BCUT2D eigenvalue weighted by atomic mass is 19.1. The number of pyridine rings is 1. The number of ether oxygens (including phenoxy) is 1. The van der Waals surface area contributed by atoms with Crippen LogP contribution in [0.25, 0.3) is 0 Å². The molecule has 1 aromatic carbocycles. The molecule has 182 valence electrons. The van der Waals surface area contributed by atoms with Crippen molar-refractivity contribution in [2.75, 3.05) is 11.9 Å². The number of anilines is 1. The second-order valence-electron chi connectivity index (χ2n) is 8.14. The smallest absolute Gasteiger partial charge is 0.410 e. The first-order valence-electron chi connectivity index (χ1n) is 10.6. The summed E-state index contributed by atoms with van der Waals surface area (Å²) in [4.78, 5) is 30.7. The number of amidine groups is 1. The molecule has 2 heterocycles. The van der Waals surface area contributed by atoms with Gasteiger partial charge in [0.15, 0.2) is 5.84 Å². The van der Waals surface area contributed by atoms with Crippen LogP contribution in [0.2, 0.25) is 0 Å². The number of nitrogens with zero attached hydrogens (tertiary/aromatic N) is 4. The number of fused-ring (bicyclic) bond motifs is 1. The number of rotatable bonds is 6. The Morgan fingerprint density at radius 3 is 2.59 bits per heavy atom. The molecule has 3 rings (SSSR count). The average Bonchev–Trinajstić information content (AvgIpc) is 3.21. The zero-order valence-corrected chi connectivity index (χ0v) is 19.2. The molecule has 6 N–H and O–H groups in total. The molecule has 0 radical (unpaired) electrons. The third-order valence-corrected chi connectivity index (χ3v) is 5.18. The van der Waals surface area contributed by atoms with Gasteiger partial charge in [-0.25, -0.2) is 20.0 Å². The van der Waals surface area contributed by atoms with Gasteiger partial charge in [-0.3, -0.25) is 14.7 Å². The highest BCUT2D eigenvalue weighted by Crippen LogP contribution is 2.27. The first kappa shape index (κ1) is 24.9. The maximum Gasteiger partial charge on any atom is 0.410 e. The number of hydrazine groups is 1. The van der Waals surface area contributed by atoms with Gasteiger partial charge < -0.3 is 21.0 Å². The third kappa shape index (κ3) is 5.41. The van der Waals surface area contributed by atoms with Crippen molar-refractivity contribution in [2.45, 2.75) is 46.0 Å². The topological polar surface area (TPSA) is 159 Å². The van der Waals surface area contributed by atoms with E-state index >= 15 is 0 Å². The summed E-state index contributed by atoms with van der Waals surface area (Å²) in [6, 6.07) is 6.87. The number of hydrogen-bond donors (Lipinski definition) is 4. The summed E-state index contributed by atoms with van der Waals surface area (Å²) in [5.74, 6) is 10.2. The second kappa shape index (κ2) is 10.4. The molecule has 2 aromatic rings. The van der Waals surface area contributed by atoms with Gasteiger partial charge in [-0.05, 0) is 56.2 Å². The monoisotopic (exact) mass is 473 g/mol. The van der Waals surface area contributed by atoms with Gasteiger partial charge >= 0.3 is 6.09 Å². The van der Waals surface area contributed by atoms with Crippen LogP contribution in [-0.4, -0.2) is 56.6 Å². The highest BCUT2D eigenvalue weighted by molar-refractivity contribution is 6.04. The largest absolute Gasteiger partial charge is 0.447 e. The van der Waals surface area contributed by atoms with Gasteiger partial charge in [0.25, 0.3) is 5.91 Å². The molecule has 1 atom stereocenters. The van der Waals surface area contributed by atoms with E-state index < -0.39 is 23.9 Å². The number of nitrogens with one attached hydrogen (secondary N) is 1. The van der Waals surface area contributed by atoms with Crippen LogP contribution < -0.4 is 17.0 Å². The molecule has 34 heavy (non-hydrogen) atoms. The van der Waals surface area contributed by atoms with Gasteiger partial charge in [0.1, 0.15) is 17.3 Å². The Bertz CT molecular complexity index is 1110. The molecule has 12 heteroatoms. The lowest BCUT2D eigenvalue weighted by Crippen LogP contribution is -2.47. The van der Waals surface area contributed by atoms with Crippen molar-refractivity contribution in [3.05, 3.63) is 58.5 Å². The minimum atomic E-state index is -0.722. The molecule has 2 amide bonds. The van der Waals surface area contributed by atoms with Gasteiger partial charge in [-0.15, -0.1) is 0 Å². The molecular weight excluding hydrogens is 445 g/mol. The standard InChI is InChI=1S/C22H28FN7O4/c1-12(2)34-22(33)29-9-14-7-16(17(23)8-15(14)10-29)21(32)27-19-6-4-5-18(26-19)20(28-24)30(25)13(3)11-31/h4-8,12-13,31H,9-11,24-25H2,1-3H3,(H,26,27,32)/b28-20-. The normalized spacial score (nSPS) is 14.1. The third-order valence-electron chi connectivity index (χ3n) is 5.18. The van der Waals surface area contributed by atoms with Crippen LogP contribution in [-0.2, 0) is 17.8 Å². The van der Waals surface area contributed by atoms with Crippen molar-refractivity contribution in [3.63, 3.8) is 0 Å². The molecule has 11 nitrogen and oxygen atoms in total. The number of aliphatic hydroxyl groups is 1. The fourth-order valence-corrected chi connectivity index (χ4v) is 3.37. The van der Waals surface area contributed by atoms with E-state index in [1.807, 2.05) is 0 Å². The van der Waals surface area contributed by atoms with Crippen molar-refractivity contribution in [1.29, 1.82) is 0 Å². The molecule has 0 aliphatic carbocycles. The maximum atomic E-state index is 14.7. The van der Waals surface area contributed by atoms with Gasteiger partial charge in [0, 0.05) is 13.1 Å². The second-order valence-corrected chi connectivity index (χ2v) is 8.14. The molecule has 0 fully saturated rings. The Hall–Kier alpha value is -3.77. The fraction of sp³-hybridized carbons (Fsp3) is 0.364. The number of aromatic nitrogens is 1. The number of halogens is 1. The summed E-state index contributed by atoms with van der Waals surface area (Å²) in [5, 5.41) is 16.7. The Kier molecular flexibility index (Phi) is 7.64. The van der Waals surface area contributed by atoms with Crippen LogP contribution in [0.1, 0.15) is 48.0 Å². The number of amides is 2. The van der Waals surface area contributed by atoms with E-state index in [9.17, 15) is 19.1 Å². The minimum absolute atomic E-state index is 0.0923. The first-order valence-corrected chi connectivity index (χ1v) is 10.6. The van der Waals surface area contributed by atoms with E-state index in [-0.39, 0.29) is 48.7 Å². The van der Waals surface area contributed by atoms with Gasteiger partial charge in [0.05, 0.1) is 24.3 Å². The average molecular weight is 474 g/mol. The van der Waals surface area contributed by atoms with Gasteiger partial charge in [0.2, 0.25) is 0 Å². The lowest BCUT2D eigenvalue weighted by molar-refractivity contribution is 0.0760. The molecular formula is C22H28FN7O4. The lowest BCUT2D eigenvalue weighted by Gasteiger charge is -2.25. The van der Waals surface area contributed by atoms with Crippen LogP contribution in [0.3, 0.4) is 0 Å². The summed E-state index contributed by atoms with van der Waals surface area (Å²) in [5.41, 5.74) is 1.33. The molecule has 1 aliphatic heterocycles. The van der Waals surface area contributed by atoms with E-state index in [0.717, 1.165) is 5.01 Å². The summed E-state index contributed by atoms with van der Waals surface area (Å²) in [6.07, 6.45) is -0.777. The van der Waals surface area contributed by atoms with E-state index in [2.05, 4.69) is 15.4 Å². The van der Waals surface area contributed by atoms with Crippen molar-refractivity contribution in [3.8, 4) is 0 Å². The van der Waals surface area contributed by atoms with Crippen molar-refractivity contribution in [2.24, 2.45) is 16.8 Å². The highest BCUT2D eigenvalue weighted by Gasteiger charge is 2.28. The van der Waals surface area contributed by atoms with Crippen LogP contribution >= 0.6 is 0 Å². The van der Waals surface area contributed by atoms with Crippen molar-refractivity contribution >= 4 is 23.7 Å². The predicted molar refractivity (Wildman–Crippen MR) is 123 cm³/mol. The number of hydrogen-bond acceptors (Lipinski definition) is 8. The molecule has 0 saturated carbocycles. The Labute approximate surface area is 196 Å². The molecule has 1 aliphatic rings. The number of carbonyl (C=O) groups is 2. The quantitative estimate of drug-likeness (QED) is 0.213. The zero-order valence-electron chi connectivity index (χ0n) is 19.2. The van der Waals surface area contributed by atoms with Gasteiger partial charge in [-0.1, -0.05) is 6.07 Å². The predicted octanol–water partition coefficient (Wildman–Crippen LogP) is 1.51. The van der Waals surface area contributed by atoms with E-state index in [1.54, 1.807) is 32.9 Å². The molecule has 0 bridgehead atoms. The van der Waals surface area contributed by atoms with Crippen LogP contribution in [0.4, 0.5) is 15.0 Å². The van der Waals surface area contributed by atoms with Crippen LogP contribution in [0.15, 0.2) is 35.4 Å². The Morgan fingerprint density at radius 2 is 1.97 bits per heavy atom. The van der Waals surface area contributed by atoms with Crippen molar-refractivity contribution < 1.29 is 23.8 Å². The van der Waals surface area contributed by atoms with Crippen LogP contribution in [0, 0.1) is 5.82 Å². The Balaban J connectivity index is 1.78.